The molecule has 2 aromatic carbocycles. The quantitative estimate of drug-likeness (QED) is 0.138. The summed E-state index contributed by atoms with van der Waals surface area (Å²) in [5.74, 6) is -0.859. The first kappa shape index (κ1) is 37.2. The first-order valence-corrected chi connectivity index (χ1v) is 19.0. The number of ether oxygens (including phenoxy) is 2. The molecular weight excluding hydrogens is 720 g/mol. The molecule has 2 atom stereocenters. The fourth-order valence-corrected chi connectivity index (χ4v) is 7.37. The number of benzene rings is 2. The highest BCUT2D eigenvalue weighted by atomic mass is 19.1. The molecular formula is C46H41FN6O4. The number of allylic oxidation sites excluding steroid dienone is 2. The lowest BCUT2D eigenvalue weighted by molar-refractivity contribution is -0.148. The molecule has 8 rings (SSSR count). The maximum absolute atomic E-state index is 14.3. The summed E-state index contributed by atoms with van der Waals surface area (Å²) in [6.45, 7) is 8.62. The second kappa shape index (κ2) is 15.8. The summed E-state index contributed by atoms with van der Waals surface area (Å²) in [5, 5.41) is 3.28. The summed E-state index contributed by atoms with van der Waals surface area (Å²) >= 11 is 0. The van der Waals surface area contributed by atoms with Crippen LogP contribution in [0.25, 0.3) is 56.9 Å². The zero-order chi connectivity index (χ0) is 39.6. The molecule has 0 spiro atoms. The SMILES string of the molecule is CCOC(=O)c1ncc2cc(-c3cc(C=Cc4ccc(-c5ncccc5C5=CN6C(C=C5)CNC6C(=O)OCC)cc4C)cnc3-c3ccc(F)c(C)c3)ccn12. The van der Waals surface area contributed by atoms with Gasteiger partial charge in [-0.3, -0.25) is 19.7 Å². The van der Waals surface area contributed by atoms with Gasteiger partial charge in [-0.2, -0.15) is 0 Å². The van der Waals surface area contributed by atoms with Crippen LogP contribution in [0.2, 0.25) is 0 Å². The summed E-state index contributed by atoms with van der Waals surface area (Å²) in [5.41, 5.74) is 11.1. The van der Waals surface area contributed by atoms with E-state index in [4.69, 9.17) is 19.4 Å². The second-order valence-electron chi connectivity index (χ2n) is 14.0. The fraction of sp³-hybridized carbons (Fsp3) is 0.196. The van der Waals surface area contributed by atoms with Gasteiger partial charge in [-0.15, -0.1) is 0 Å². The smallest absolute Gasteiger partial charge is 0.374 e. The predicted molar refractivity (Wildman–Crippen MR) is 219 cm³/mol. The number of hydrogen-bond acceptors (Lipinski definition) is 9. The zero-order valence-electron chi connectivity index (χ0n) is 32.1. The van der Waals surface area contributed by atoms with Gasteiger partial charge >= 0.3 is 11.9 Å². The van der Waals surface area contributed by atoms with Crippen LogP contribution in [0.1, 0.15) is 52.3 Å². The Labute approximate surface area is 330 Å². The number of hydrogen-bond donors (Lipinski definition) is 1. The first-order chi connectivity index (χ1) is 27.7. The third-order valence-electron chi connectivity index (χ3n) is 10.3. The third-order valence-corrected chi connectivity index (χ3v) is 10.3. The van der Waals surface area contributed by atoms with Crippen molar-refractivity contribution in [1.29, 1.82) is 0 Å². The molecule has 2 unspecified atom stereocenters. The van der Waals surface area contributed by atoms with E-state index in [-0.39, 0.29) is 30.3 Å². The van der Waals surface area contributed by atoms with E-state index in [0.717, 1.165) is 61.3 Å². The minimum Gasteiger partial charge on any atom is -0.463 e. The Morgan fingerprint density at radius 1 is 0.860 bits per heavy atom. The molecule has 1 saturated heterocycles. The number of carbonyl (C=O) groups excluding carboxylic acids is 2. The van der Waals surface area contributed by atoms with Crippen LogP contribution in [-0.4, -0.2) is 68.2 Å². The van der Waals surface area contributed by atoms with E-state index in [1.165, 1.54) is 6.07 Å². The molecule has 286 valence electrons. The molecule has 2 aliphatic rings. The Kier molecular flexibility index (Phi) is 10.3. The number of carbonyl (C=O) groups is 2. The van der Waals surface area contributed by atoms with Gasteiger partial charge in [0.15, 0.2) is 6.17 Å². The van der Waals surface area contributed by atoms with E-state index >= 15 is 0 Å². The molecule has 1 N–H and O–H groups in total. The zero-order valence-corrected chi connectivity index (χ0v) is 32.1. The van der Waals surface area contributed by atoms with E-state index in [1.807, 2.05) is 48.5 Å². The second-order valence-corrected chi connectivity index (χ2v) is 14.0. The van der Waals surface area contributed by atoms with Crippen LogP contribution >= 0.6 is 0 Å². The summed E-state index contributed by atoms with van der Waals surface area (Å²) in [6, 6.07) is 21.3. The normalized spacial score (nSPS) is 16.2. The van der Waals surface area contributed by atoms with Crippen LogP contribution < -0.4 is 5.32 Å². The van der Waals surface area contributed by atoms with E-state index in [0.29, 0.717) is 24.4 Å². The Morgan fingerprint density at radius 2 is 1.65 bits per heavy atom. The Balaban J connectivity index is 1.10. The number of rotatable bonds is 10. The van der Waals surface area contributed by atoms with E-state index in [1.54, 1.807) is 49.0 Å². The highest BCUT2D eigenvalue weighted by Gasteiger charge is 2.37. The molecule has 10 nitrogen and oxygen atoms in total. The minimum atomic E-state index is -0.538. The van der Waals surface area contributed by atoms with E-state index in [9.17, 15) is 14.0 Å². The monoisotopic (exact) mass is 760 g/mol. The van der Waals surface area contributed by atoms with Crippen molar-refractivity contribution < 1.29 is 23.5 Å². The number of halogens is 1. The Morgan fingerprint density at radius 3 is 2.44 bits per heavy atom. The van der Waals surface area contributed by atoms with Gasteiger partial charge in [0.05, 0.1) is 42.4 Å². The van der Waals surface area contributed by atoms with Gasteiger partial charge in [0, 0.05) is 53.6 Å². The molecule has 57 heavy (non-hydrogen) atoms. The van der Waals surface area contributed by atoms with Crippen LogP contribution in [-0.2, 0) is 14.3 Å². The summed E-state index contributed by atoms with van der Waals surface area (Å²) in [7, 11) is 0. The molecule has 0 radical (unpaired) electrons. The van der Waals surface area contributed by atoms with Crippen molar-refractivity contribution >= 4 is 35.2 Å². The lowest BCUT2D eigenvalue weighted by Crippen LogP contribution is -2.43. The van der Waals surface area contributed by atoms with Gasteiger partial charge in [-0.05, 0) is 110 Å². The lowest BCUT2D eigenvalue weighted by Gasteiger charge is -2.29. The van der Waals surface area contributed by atoms with Crippen LogP contribution in [0.5, 0.6) is 0 Å². The molecule has 0 aliphatic carbocycles. The molecule has 0 bridgehead atoms. The van der Waals surface area contributed by atoms with Crippen molar-refractivity contribution in [3.8, 4) is 33.6 Å². The number of aryl methyl sites for hydroxylation is 2. The molecule has 6 heterocycles. The molecule has 4 aromatic heterocycles. The summed E-state index contributed by atoms with van der Waals surface area (Å²) in [6.07, 6.45) is 16.8. The predicted octanol–water partition coefficient (Wildman–Crippen LogP) is 8.30. The molecule has 11 heteroatoms. The highest BCUT2D eigenvalue weighted by molar-refractivity contribution is 5.89. The van der Waals surface area contributed by atoms with Gasteiger partial charge < -0.3 is 14.4 Å². The topological polar surface area (TPSA) is 111 Å². The van der Waals surface area contributed by atoms with Crippen LogP contribution in [0.3, 0.4) is 0 Å². The fourth-order valence-electron chi connectivity index (χ4n) is 7.37. The van der Waals surface area contributed by atoms with Crippen LogP contribution in [0, 0.1) is 19.7 Å². The average molecular weight is 761 g/mol. The van der Waals surface area contributed by atoms with Gasteiger partial charge in [0.25, 0.3) is 0 Å². The van der Waals surface area contributed by atoms with Crippen molar-refractivity contribution in [2.24, 2.45) is 0 Å². The number of nitrogens with zero attached hydrogens (tertiary/aromatic N) is 5. The van der Waals surface area contributed by atoms with E-state index < -0.39 is 12.1 Å². The molecule has 6 aromatic rings. The Bertz CT molecular complexity index is 2630. The number of nitrogens with one attached hydrogen (secondary N) is 1. The van der Waals surface area contributed by atoms with Crippen LogP contribution in [0.15, 0.2) is 110 Å². The van der Waals surface area contributed by atoms with E-state index in [2.05, 4.69) is 65.8 Å². The number of imidazole rings is 1. The maximum Gasteiger partial charge on any atom is 0.374 e. The van der Waals surface area contributed by atoms with Gasteiger partial charge in [0.2, 0.25) is 5.82 Å². The van der Waals surface area contributed by atoms with Crippen molar-refractivity contribution in [3.05, 3.63) is 149 Å². The number of esters is 2. The largest absolute Gasteiger partial charge is 0.463 e. The van der Waals surface area contributed by atoms with Gasteiger partial charge in [-0.1, -0.05) is 42.5 Å². The van der Waals surface area contributed by atoms with Crippen LogP contribution in [0.4, 0.5) is 4.39 Å². The number of aromatic nitrogens is 4. The minimum absolute atomic E-state index is 0.0673. The molecule has 0 amide bonds. The summed E-state index contributed by atoms with van der Waals surface area (Å²) < 4.78 is 26.5. The molecule has 2 aliphatic heterocycles. The van der Waals surface area contributed by atoms with Crippen molar-refractivity contribution in [1.82, 2.24) is 29.6 Å². The Hall–Kier alpha value is -6.72. The molecule has 0 saturated carbocycles. The lowest BCUT2D eigenvalue weighted by atomic mass is 9.95. The van der Waals surface area contributed by atoms with Crippen molar-refractivity contribution in [3.63, 3.8) is 0 Å². The third kappa shape index (κ3) is 7.37. The van der Waals surface area contributed by atoms with Gasteiger partial charge in [0.1, 0.15) is 5.82 Å². The molecule has 1 fully saturated rings. The van der Waals surface area contributed by atoms with Gasteiger partial charge in [-0.25, -0.2) is 19.0 Å². The standard InChI is InChI=1S/C46H41FN6O4/c1-5-56-45(54)43-51-26-37-23-32(17-19-52(37)43)39-22-30(24-49-42(39)34-14-16-40(47)29(4)21-34)9-10-31-11-12-33(20-28(31)3)41-38(8-7-18-48-41)35-13-15-36-25-50-44(53(36)27-35)46(55)57-6-2/h7-24,26-27,36,44,50H,5-6,25H2,1-4H3. The number of pyridine rings is 3. The highest BCUT2D eigenvalue weighted by Crippen LogP contribution is 2.35. The number of fused-ring (bicyclic) bond motifs is 2. The van der Waals surface area contributed by atoms with Crippen molar-refractivity contribution in [2.45, 2.75) is 39.9 Å². The average Bonchev–Trinajstić information content (AvgIpc) is 3.86. The maximum atomic E-state index is 14.3. The first-order valence-electron chi connectivity index (χ1n) is 19.0. The summed E-state index contributed by atoms with van der Waals surface area (Å²) in [4.78, 5) is 41.2. The van der Waals surface area contributed by atoms with Crippen molar-refractivity contribution in [2.75, 3.05) is 19.8 Å².